The fraction of sp³-hybridized carbons (Fsp3) is 0.559. The smallest absolute Gasteiger partial charge is 0.331 e. The predicted octanol–water partition coefficient (Wildman–Crippen LogP) is 1.37. The van der Waals surface area contributed by atoms with Crippen molar-refractivity contribution in [3.63, 3.8) is 0 Å². The number of aliphatic hydroxyl groups excluding tert-OH is 6. The van der Waals surface area contributed by atoms with Crippen molar-refractivity contribution in [2.75, 3.05) is 6.61 Å². The van der Waals surface area contributed by atoms with Crippen LogP contribution in [0.3, 0.4) is 0 Å². The van der Waals surface area contributed by atoms with Gasteiger partial charge in [0.25, 0.3) is 0 Å². The van der Waals surface area contributed by atoms with E-state index in [0.29, 0.717) is 6.42 Å². The Morgan fingerprint density at radius 1 is 0.830 bits per heavy atom. The Morgan fingerprint density at radius 2 is 1.49 bits per heavy atom. The van der Waals surface area contributed by atoms with Gasteiger partial charge in [-0.2, -0.15) is 0 Å². The van der Waals surface area contributed by atoms with E-state index in [1.54, 1.807) is 48.6 Å². The third-order valence-corrected chi connectivity index (χ3v) is 7.13. The fourth-order valence-corrected chi connectivity index (χ4v) is 4.52. The fourth-order valence-electron chi connectivity index (χ4n) is 4.52. The van der Waals surface area contributed by atoms with Crippen LogP contribution in [0, 0.1) is 0 Å². The first-order valence-electron chi connectivity index (χ1n) is 15.8. The van der Waals surface area contributed by atoms with E-state index < -0.39 is 80.0 Å². The van der Waals surface area contributed by atoms with Gasteiger partial charge in [-0.15, -0.1) is 0 Å². The van der Waals surface area contributed by atoms with Crippen molar-refractivity contribution >= 4 is 17.9 Å². The summed E-state index contributed by atoms with van der Waals surface area (Å²) in [6, 6.07) is 0. The maximum Gasteiger partial charge on any atom is 0.331 e. The Bertz CT molecular complexity index is 1140. The molecule has 0 aromatic rings. The van der Waals surface area contributed by atoms with Gasteiger partial charge < -0.3 is 49.6 Å². The molecule has 0 aromatic heterocycles. The number of hydrogen-bond donors (Lipinski definition) is 6. The molecule has 13 nitrogen and oxygen atoms in total. The quantitative estimate of drug-likeness (QED) is 0.175. The summed E-state index contributed by atoms with van der Waals surface area (Å²) in [6.45, 7) is 1.12. The first-order chi connectivity index (χ1) is 22.5. The molecule has 0 aromatic carbocycles. The molecule has 1 saturated heterocycles. The lowest BCUT2D eigenvalue weighted by atomic mass is 9.99. The van der Waals surface area contributed by atoms with E-state index in [1.165, 1.54) is 12.2 Å². The zero-order valence-electron chi connectivity index (χ0n) is 26.5. The number of cyclic esters (lactones) is 1. The zero-order chi connectivity index (χ0) is 34.6. The van der Waals surface area contributed by atoms with Gasteiger partial charge in [0.05, 0.1) is 37.8 Å². The third kappa shape index (κ3) is 16.3. The van der Waals surface area contributed by atoms with Crippen LogP contribution >= 0.6 is 0 Å². The molecule has 0 radical (unpaired) electrons. The topological polar surface area (TPSA) is 210 Å². The average molecular weight is 665 g/mol. The highest BCUT2D eigenvalue weighted by Gasteiger charge is 2.45. The van der Waals surface area contributed by atoms with E-state index in [9.17, 15) is 45.0 Å². The number of ether oxygens (including phenoxy) is 4. The molecular formula is C34H48O13. The molecule has 0 aliphatic carbocycles. The summed E-state index contributed by atoms with van der Waals surface area (Å²) in [5.74, 6) is -2.17. The van der Waals surface area contributed by atoms with Crippen molar-refractivity contribution in [3.05, 3.63) is 72.9 Å². The minimum absolute atomic E-state index is 0.151. The number of esters is 3. The van der Waals surface area contributed by atoms with Crippen LogP contribution in [0.4, 0.5) is 0 Å². The maximum atomic E-state index is 12.6. The van der Waals surface area contributed by atoms with Crippen molar-refractivity contribution < 1.29 is 64.0 Å². The van der Waals surface area contributed by atoms with Gasteiger partial charge in [0.15, 0.2) is 0 Å². The highest BCUT2D eigenvalue weighted by atomic mass is 16.7. The highest BCUT2D eigenvalue weighted by Crippen LogP contribution is 2.22. The van der Waals surface area contributed by atoms with E-state index in [2.05, 4.69) is 0 Å². The van der Waals surface area contributed by atoms with Crippen LogP contribution < -0.4 is 0 Å². The van der Waals surface area contributed by atoms with Crippen molar-refractivity contribution in [1.29, 1.82) is 0 Å². The van der Waals surface area contributed by atoms with Crippen molar-refractivity contribution in [3.8, 4) is 0 Å². The summed E-state index contributed by atoms with van der Waals surface area (Å²) < 4.78 is 21.0. The molecule has 262 valence electrons. The molecule has 1 fully saturated rings. The lowest BCUT2D eigenvalue weighted by Crippen LogP contribution is -2.59. The summed E-state index contributed by atoms with van der Waals surface area (Å²) in [5, 5.41) is 59.4. The van der Waals surface area contributed by atoms with E-state index in [4.69, 9.17) is 18.9 Å². The second-order valence-corrected chi connectivity index (χ2v) is 11.2. The number of allylic oxidation sites excluding steroid dienone is 7. The molecule has 6 N–H and O–H groups in total. The van der Waals surface area contributed by atoms with Gasteiger partial charge in [0.1, 0.15) is 30.5 Å². The van der Waals surface area contributed by atoms with Crippen LogP contribution in [-0.2, 0) is 33.3 Å². The minimum atomic E-state index is -1.77. The van der Waals surface area contributed by atoms with Gasteiger partial charge in [-0.25, -0.2) is 4.79 Å². The molecule has 0 amide bonds. The van der Waals surface area contributed by atoms with E-state index in [-0.39, 0.29) is 31.8 Å². The maximum absolute atomic E-state index is 12.6. The third-order valence-electron chi connectivity index (χ3n) is 7.13. The van der Waals surface area contributed by atoms with Gasteiger partial charge in [-0.05, 0) is 38.7 Å². The normalized spacial score (nSPS) is 32.6. The summed E-state index contributed by atoms with van der Waals surface area (Å²) in [7, 11) is 0. The van der Waals surface area contributed by atoms with Gasteiger partial charge >= 0.3 is 17.9 Å². The number of aliphatic hydroxyl groups is 6. The molecule has 2 rings (SSSR count). The van der Waals surface area contributed by atoms with Gasteiger partial charge in [-0.3, -0.25) is 9.59 Å². The predicted molar refractivity (Wildman–Crippen MR) is 169 cm³/mol. The molecule has 2 aliphatic rings. The van der Waals surface area contributed by atoms with Crippen molar-refractivity contribution in [2.45, 2.75) is 113 Å². The molecule has 2 heterocycles. The lowest BCUT2D eigenvalue weighted by Gasteiger charge is -2.39. The highest BCUT2D eigenvalue weighted by molar-refractivity contribution is 5.82. The van der Waals surface area contributed by atoms with Gasteiger partial charge in [0.2, 0.25) is 6.29 Å². The van der Waals surface area contributed by atoms with E-state index >= 15 is 0 Å². The summed E-state index contributed by atoms with van der Waals surface area (Å²) in [5.41, 5.74) is 0. The Morgan fingerprint density at radius 3 is 2.23 bits per heavy atom. The molecule has 13 heteroatoms. The molecule has 0 unspecified atom stereocenters. The standard InChI is InChI=1S/C34H48O13/c1-23-13-7-3-2-4-8-14-24(36)21-25(37)15-9-5-10-16-26(17-11-6-12-18-28(38)44-23)45-29(39)19-20-30(40)47-34-33(43)32(42)31(41)27(22-35)46-34/h2,4-6,8-12,14,16,18,23-27,31-37,41-43H,3,7,13,15,17,19-22H2,1H3/b4-2?,9-5?,11-6-,14-8?,16-10?,18-12?/t23-,24-,25-,26+,27-,31-,32+,33-,34+/m0/s1. The van der Waals surface area contributed by atoms with Gasteiger partial charge in [0, 0.05) is 18.9 Å². The molecule has 0 saturated carbocycles. The van der Waals surface area contributed by atoms with Crippen molar-refractivity contribution in [1.82, 2.24) is 0 Å². The lowest BCUT2D eigenvalue weighted by molar-refractivity contribution is -0.292. The monoisotopic (exact) mass is 664 g/mol. The minimum Gasteiger partial charge on any atom is -0.460 e. The average Bonchev–Trinajstić information content (AvgIpc) is 3.02. The molecule has 9 atom stereocenters. The van der Waals surface area contributed by atoms with Gasteiger partial charge in [-0.1, -0.05) is 60.8 Å². The first kappa shape index (κ1) is 39.7. The number of carbonyl (C=O) groups excluding carboxylic acids is 3. The summed E-state index contributed by atoms with van der Waals surface area (Å²) >= 11 is 0. The largest absolute Gasteiger partial charge is 0.460 e. The summed E-state index contributed by atoms with van der Waals surface area (Å²) in [4.78, 5) is 37.0. The van der Waals surface area contributed by atoms with Crippen LogP contribution in [0.1, 0.15) is 58.3 Å². The number of carbonyl (C=O) groups is 3. The zero-order valence-corrected chi connectivity index (χ0v) is 26.5. The van der Waals surface area contributed by atoms with Crippen molar-refractivity contribution in [2.24, 2.45) is 0 Å². The Kier molecular flexibility index (Phi) is 18.8. The first-order valence-corrected chi connectivity index (χ1v) is 15.8. The molecule has 2 aliphatic heterocycles. The SMILES string of the molecule is C[C@H]1CCCC=CC=C[C@H](O)C[C@@H](O)CC=CC=C[C@@H](OC(=O)CCC(=O)O[C@H]2O[C@@H](CO)[C@H](O)[C@@H](O)[C@@H]2O)C/C=C\C=CC(=O)O1. The second kappa shape index (κ2) is 22.2. The van der Waals surface area contributed by atoms with Crippen LogP contribution in [0.5, 0.6) is 0 Å². The molecular weight excluding hydrogens is 616 g/mol. The van der Waals surface area contributed by atoms with Crippen LogP contribution in [0.2, 0.25) is 0 Å². The van der Waals surface area contributed by atoms with E-state index in [1.807, 2.05) is 19.1 Å². The van der Waals surface area contributed by atoms with E-state index in [0.717, 1.165) is 12.8 Å². The molecule has 47 heavy (non-hydrogen) atoms. The van der Waals surface area contributed by atoms with Crippen LogP contribution in [0.25, 0.3) is 0 Å². The Labute approximate surface area is 274 Å². The Balaban J connectivity index is 2.00. The Hall–Kier alpha value is -3.43. The van der Waals surface area contributed by atoms with Crippen LogP contribution in [-0.4, -0.2) is 110 Å². The van der Waals surface area contributed by atoms with Crippen LogP contribution in [0.15, 0.2) is 72.9 Å². The molecule has 0 spiro atoms. The number of rotatable bonds is 6. The molecule has 0 bridgehead atoms. The number of hydrogen-bond acceptors (Lipinski definition) is 13. The summed E-state index contributed by atoms with van der Waals surface area (Å²) in [6.07, 6.45) is 11.2. The second-order valence-electron chi connectivity index (χ2n) is 11.2.